The van der Waals surface area contributed by atoms with Crippen molar-refractivity contribution in [1.29, 1.82) is 0 Å². The fraction of sp³-hybridized carbons (Fsp3) is 0.391. The fourth-order valence-electron chi connectivity index (χ4n) is 4.17. The molecule has 1 atom stereocenters. The minimum absolute atomic E-state index is 0.0707. The number of amides is 2. The van der Waals surface area contributed by atoms with Crippen molar-refractivity contribution in [2.45, 2.75) is 51.9 Å². The molecule has 0 saturated carbocycles. The number of carbonyl (C=O) groups is 2. The molecule has 1 aromatic heterocycles. The van der Waals surface area contributed by atoms with E-state index in [-0.39, 0.29) is 36.4 Å². The molecule has 2 aromatic rings. The second kappa shape index (κ2) is 9.68. The van der Waals surface area contributed by atoms with Crippen molar-refractivity contribution in [3.05, 3.63) is 64.3 Å². The molecule has 1 aromatic carbocycles. The quantitative estimate of drug-likeness (QED) is 0.239. The monoisotopic (exact) mass is 501 g/mol. The second-order valence-corrected chi connectivity index (χ2v) is 8.44. The molecule has 2 N–H and O–H groups in total. The van der Waals surface area contributed by atoms with Crippen LogP contribution in [-0.2, 0) is 22.3 Å². The van der Waals surface area contributed by atoms with Crippen molar-refractivity contribution in [3.63, 3.8) is 0 Å². The van der Waals surface area contributed by atoms with Gasteiger partial charge >= 0.3 is 6.18 Å². The smallest absolute Gasteiger partial charge is 0.451 e. The molecular weight excluding hydrogens is 477 g/mol. The van der Waals surface area contributed by atoms with Gasteiger partial charge in [0.25, 0.3) is 5.91 Å². The number of alkyl halides is 3. The molecule has 0 bridgehead atoms. The molecule has 1 aliphatic rings. The van der Waals surface area contributed by atoms with Crippen LogP contribution >= 0.6 is 0 Å². The van der Waals surface area contributed by atoms with Crippen LogP contribution in [0.1, 0.15) is 43.8 Å². The number of nitrogens with zero attached hydrogens (tertiary/aromatic N) is 2. The van der Waals surface area contributed by atoms with Gasteiger partial charge in [0.2, 0.25) is 12.2 Å². The van der Waals surface area contributed by atoms with Crippen LogP contribution in [0.5, 0.6) is 0 Å². The highest BCUT2D eigenvalue weighted by molar-refractivity contribution is 6.04. The number of aryl methyl sites for hydroxylation is 1. The van der Waals surface area contributed by atoms with Gasteiger partial charge in [-0.05, 0) is 39.7 Å². The molecule has 0 aliphatic carbocycles. The van der Waals surface area contributed by atoms with Crippen molar-refractivity contribution in [2.24, 2.45) is 0 Å². The third-order valence-electron chi connectivity index (χ3n) is 5.97. The van der Waals surface area contributed by atoms with Crippen molar-refractivity contribution >= 4 is 18.0 Å². The van der Waals surface area contributed by atoms with Crippen molar-refractivity contribution < 1.29 is 41.1 Å². The Morgan fingerprint density at radius 1 is 1.34 bits per heavy atom. The lowest BCUT2D eigenvalue weighted by Gasteiger charge is -2.41. The summed E-state index contributed by atoms with van der Waals surface area (Å²) < 4.78 is 72.0. The van der Waals surface area contributed by atoms with Gasteiger partial charge in [-0.25, -0.2) is 13.8 Å². The van der Waals surface area contributed by atoms with Gasteiger partial charge in [0.1, 0.15) is 11.5 Å². The predicted octanol–water partition coefficient (Wildman–Crippen LogP) is 5.08. The van der Waals surface area contributed by atoms with Crippen LogP contribution in [0.4, 0.5) is 27.6 Å². The van der Waals surface area contributed by atoms with E-state index in [0.29, 0.717) is 12.8 Å². The first kappa shape index (κ1) is 26.2. The van der Waals surface area contributed by atoms with E-state index in [1.54, 1.807) is 0 Å². The van der Waals surface area contributed by atoms with E-state index >= 15 is 0 Å². The first-order chi connectivity index (χ1) is 16.3. The number of nitrogens with one attached hydrogen (secondary N) is 1. The summed E-state index contributed by atoms with van der Waals surface area (Å²) in [5, 5.41) is 15.6. The summed E-state index contributed by atoms with van der Waals surface area (Å²) >= 11 is 0. The number of aliphatic hydroxyl groups is 1. The second-order valence-electron chi connectivity index (χ2n) is 8.44. The molecule has 35 heavy (non-hydrogen) atoms. The SMILES string of the molecule is C/C(C(=O)Nc1cc(C)oc1C(F)(F)F)=C(/O)[C@@]1(C)CCCN1N(C=O)Cc1cccc(F)c1F. The van der Waals surface area contributed by atoms with Gasteiger partial charge in [0.15, 0.2) is 11.6 Å². The van der Waals surface area contributed by atoms with Gasteiger partial charge in [-0.3, -0.25) is 14.6 Å². The Labute approximate surface area is 197 Å². The Morgan fingerprint density at radius 3 is 2.66 bits per heavy atom. The summed E-state index contributed by atoms with van der Waals surface area (Å²) in [5.74, 6) is -5.14. The van der Waals surface area contributed by atoms with Crippen LogP contribution in [0.25, 0.3) is 0 Å². The molecule has 1 aliphatic heterocycles. The summed E-state index contributed by atoms with van der Waals surface area (Å²) in [6.45, 7) is 3.95. The number of carbonyl (C=O) groups excluding carboxylic acids is 2. The first-order valence-electron chi connectivity index (χ1n) is 10.6. The molecule has 1 saturated heterocycles. The topological polar surface area (TPSA) is 86.0 Å². The molecule has 190 valence electrons. The maximum atomic E-state index is 14.2. The molecule has 0 spiro atoms. The van der Waals surface area contributed by atoms with E-state index in [4.69, 9.17) is 0 Å². The number of hydrogen-bond donors (Lipinski definition) is 2. The van der Waals surface area contributed by atoms with E-state index in [0.717, 1.165) is 17.1 Å². The van der Waals surface area contributed by atoms with Gasteiger partial charge in [-0.2, -0.15) is 13.2 Å². The zero-order valence-electron chi connectivity index (χ0n) is 19.2. The van der Waals surface area contributed by atoms with Gasteiger partial charge in [-0.15, -0.1) is 0 Å². The van der Waals surface area contributed by atoms with Gasteiger partial charge < -0.3 is 14.8 Å². The lowest BCUT2D eigenvalue weighted by molar-refractivity contribution is -0.152. The minimum Gasteiger partial charge on any atom is -0.510 e. The Balaban J connectivity index is 1.88. The Bertz CT molecular complexity index is 1160. The average Bonchev–Trinajstić information content (AvgIpc) is 3.36. The van der Waals surface area contributed by atoms with E-state index in [1.165, 1.54) is 37.9 Å². The number of benzene rings is 1. The van der Waals surface area contributed by atoms with Crippen molar-refractivity contribution in [2.75, 3.05) is 11.9 Å². The predicted molar refractivity (Wildman–Crippen MR) is 115 cm³/mol. The van der Waals surface area contributed by atoms with Crippen molar-refractivity contribution in [3.8, 4) is 0 Å². The van der Waals surface area contributed by atoms with Crippen LogP contribution in [0.15, 0.2) is 40.0 Å². The molecule has 2 heterocycles. The molecule has 1 fully saturated rings. The van der Waals surface area contributed by atoms with Gasteiger partial charge in [0.05, 0.1) is 23.3 Å². The molecule has 0 unspecified atom stereocenters. The Morgan fingerprint density at radius 2 is 2.03 bits per heavy atom. The third-order valence-corrected chi connectivity index (χ3v) is 5.97. The molecule has 7 nitrogen and oxygen atoms in total. The Hall–Kier alpha value is -3.41. The highest BCUT2D eigenvalue weighted by atomic mass is 19.4. The van der Waals surface area contributed by atoms with Crippen molar-refractivity contribution in [1.82, 2.24) is 10.0 Å². The first-order valence-corrected chi connectivity index (χ1v) is 10.6. The lowest BCUT2D eigenvalue weighted by Crippen LogP contribution is -2.53. The van der Waals surface area contributed by atoms with Crippen LogP contribution in [0, 0.1) is 18.6 Å². The maximum absolute atomic E-state index is 14.2. The van der Waals surface area contributed by atoms with Crippen LogP contribution in [-0.4, -0.2) is 39.5 Å². The van der Waals surface area contributed by atoms with Crippen LogP contribution in [0.3, 0.4) is 0 Å². The van der Waals surface area contributed by atoms with Crippen LogP contribution in [0.2, 0.25) is 0 Å². The summed E-state index contributed by atoms with van der Waals surface area (Å²) in [6, 6.07) is 4.54. The third kappa shape index (κ3) is 5.16. The standard InChI is InChI=1S/C23H24F5N3O4/c1-13-10-17(20(35-13)23(26,27)28)29-21(34)14(2)19(33)22(3)8-5-9-31(22)30(12-32)11-15-6-4-7-16(24)18(15)25/h4,6-7,10,12,33H,5,8-9,11H2,1-3H3,(H,29,34)/b19-14-/t22-/m1/s1. The lowest BCUT2D eigenvalue weighted by atomic mass is 9.93. The minimum atomic E-state index is -4.85. The van der Waals surface area contributed by atoms with E-state index in [2.05, 4.69) is 9.73 Å². The number of hydrogen-bond acceptors (Lipinski definition) is 5. The zero-order chi connectivity index (χ0) is 26.1. The normalized spacial score (nSPS) is 19.4. The molecule has 3 rings (SSSR count). The van der Waals surface area contributed by atoms with E-state index in [1.807, 2.05) is 0 Å². The summed E-state index contributed by atoms with van der Waals surface area (Å²) in [6.07, 6.45) is -3.70. The van der Waals surface area contributed by atoms with Gasteiger partial charge in [0, 0.05) is 18.2 Å². The number of hydrazine groups is 1. The number of aliphatic hydroxyl groups excluding tert-OH is 1. The number of anilines is 1. The van der Waals surface area contributed by atoms with Crippen LogP contribution < -0.4 is 5.32 Å². The number of furan rings is 1. The summed E-state index contributed by atoms with van der Waals surface area (Å²) in [7, 11) is 0. The molecule has 2 amide bonds. The van der Waals surface area contributed by atoms with Gasteiger partial charge in [-0.1, -0.05) is 12.1 Å². The number of halogens is 5. The highest BCUT2D eigenvalue weighted by Gasteiger charge is 2.45. The molecular formula is C23H24F5N3O4. The number of rotatable bonds is 7. The largest absolute Gasteiger partial charge is 0.510 e. The highest BCUT2D eigenvalue weighted by Crippen LogP contribution is 2.39. The fourth-order valence-corrected chi connectivity index (χ4v) is 4.17. The molecule has 0 radical (unpaired) electrons. The van der Waals surface area contributed by atoms with E-state index in [9.17, 15) is 36.6 Å². The summed E-state index contributed by atoms with van der Waals surface area (Å²) in [4.78, 5) is 24.6. The zero-order valence-corrected chi connectivity index (χ0v) is 19.2. The van der Waals surface area contributed by atoms with E-state index < -0.39 is 46.5 Å². The molecule has 12 heteroatoms. The maximum Gasteiger partial charge on any atom is 0.451 e. The average molecular weight is 501 g/mol. The summed E-state index contributed by atoms with van der Waals surface area (Å²) in [5.41, 5.74) is -2.30. The Kier molecular flexibility index (Phi) is 7.25.